The monoisotopic (exact) mass is 244 g/mol. The molecule has 0 amide bonds. The Morgan fingerprint density at radius 2 is 1.88 bits per heavy atom. The Hall–Kier alpha value is -1.45. The lowest BCUT2D eigenvalue weighted by molar-refractivity contribution is -0.274. The van der Waals surface area contributed by atoms with E-state index in [0.29, 0.717) is 12.0 Å². The molecular formula is C13H15F3O. The number of rotatable bonds is 4. The zero-order valence-electron chi connectivity index (χ0n) is 9.84. The summed E-state index contributed by atoms with van der Waals surface area (Å²) < 4.78 is 40.7. The summed E-state index contributed by atoms with van der Waals surface area (Å²) in [5.41, 5.74) is 1.38. The molecule has 1 nitrogen and oxygen atoms in total. The van der Waals surface area contributed by atoms with Crippen LogP contribution in [0.25, 0.3) is 5.57 Å². The van der Waals surface area contributed by atoms with Crippen molar-refractivity contribution in [3.63, 3.8) is 0 Å². The van der Waals surface area contributed by atoms with Crippen molar-refractivity contribution in [2.75, 3.05) is 0 Å². The van der Waals surface area contributed by atoms with Gasteiger partial charge in [-0.15, -0.1) is 13.2 Å². The summed E-state index contributed by atoms with van der Waals surface area (Å²) in [4.78, 5) is 0. The van der Waals surface area contributed by atoms with Gasteiger partial charge in [-0.1, -0.05) is 38.1 Å². The highest BCUT2D eigenvalue weighted by Gasteiger charge is 2.32. The first-order valence-corrected chi connectivity index (χ1v) is 5.52. The fourth-order valence-electron chi connectivity index (χ4n) is 1.64. The van der Waals surface area contributed by atoms with Crippen molar-refractivity contribution in [1.82, 2.24) is 0 Å². The molecule has 17 heavy (non-hydrogen) atoms. The van der Waals surface area contributed by atoms with Crippen LogP contribution in [0.4, 0.5) is 13.2 Å². The van der Waals surface area contributed by atoms with Gasteiger partial charge in [0.15, 0.2) is 0 Å². The zero-order valence-corrected chi connectivity index (χ0v) is 9.84. The van der Waals surface area contributed by atoms with E-state index in [1.165, 1.54) is 12.1 Å². The average Bonchev–Trinajstić information content (AvgIpc) is 2.25. The minimum Gasteiger partial charge on any atom is -0.405 e. The number of allylic oxidation sites excluding steroid dienone is 2. The lowest BCUT2D eigenvalue weighted by Gasteiger charge is -2.14. The normalized spacial score (nSPS) is 12.6. The van der Waals surface area contributed by atoms with Crippen LogP contribution in [-0.4, -0.2) is 6.36 Å². The molecule has 1 aromatic rings. The van der Waals surface area contributed by atoms with Crippen molar-refractivity contribution in [3.8, 4) is 5.75 Å². The maximum absolute atomic E-state index is 12.2. The van der Waals surface area contributed by atoms with Crippen molar-refractivity contribution in [1.29, 1.82) is 0 Å². The predicted octanol–water partition coefficient (Wildman–Crippen LogP) is 4.79. The molecule has 1 rings (SSSR count). The first kappa shape index (κ1) is 13.6. The summed E-state index contributed by atoms with van der Waals surface area (Å²) in [6, 6.07) is 6.22. The van der Waals surface area contributed by atoms with Gasteiger partial charge in [0, 0.05) is 5.56 Å². The fraction of sp³-hybridized carbons (Fsp3) is 0.385. The number of para-hydroxylation sites is 1. The third kappa shape index (κ3) is 4.13. The van der Waals surface area contributed by atoms with Gasteiger partial charge in [0.25, 0.3) is 0 Å². The number of ether oxygens (including phenoxy) is 1. The van der Waals surface area contributed by atoms with E-state index < -0.39 is 6.36 Å². The van der Waals surface area contributed by atoms with Gasteiger partial charge in [-0.2, -0.15) is 0 Å². The minimum atomic E-state index is -4.65. The molecule has 0 aromatic heterocycles. The van der Waals surface area contributed by atoms with E-state index in [1.54, 1.807) is 12.1 Å². The second-order valence-electron chi connectivity index (χ2n) is 3.54. The van der Waals surface area contributed by atoms with Crippen molar-refractivity contribution < 1.29 is 17.9 Å². The summed E-state index contributed by atoms with van der Waals surface area (Å²) in [7, 11) is 0. The predicted molar refractivity (Wildman–Crippen MR) is 61.7 cm³/mol. The maximum atomic E-state index is 12.2. The molecule has 0 saturated heterocycles. The summed E-state index contributed by atoms with van der Waals surface area (Å²) in [6.07, 6.45) is -1.28. The summed E-state index contributed by atoms with van der Waals surface area (Å²) in [5.74, 6) is -0.137. The molecule has 94 valence electrons. The van der Waals surface area contributed by atoms with Crippen LogP contribution in [-0.2, 0) is 0 Å². The van der Waals surface area contributed by atoms with Crippen LogP contribution in [0.5, 0.6) is 5.75 Å². The van der Waals surface area contributed by atoms with Crippen LogP contribution in [0.2, 0.25) is 0 Å². The van der Waals surface area contributed by atoms with Crippen LogP contribution in [0, 0.1) is 0 Å². The minimum absolute atomic E-state index is 0.137. The zero-order chi connectivity index (χ0) is 12.9. The molecule has 0 aliphatic heterocycles. The van der Waals surface area contributed by atoms with E-state index >= 15 is 0 Å². The molecule has 0 unspecified atom stereocenters. The Kier molecular flexibility index (Phi) is 4.61. The van der Waals surface area contributed by atoms with Crippen molar-refractivity contribution in [2.24, 2.45) is 0 Å². The Morgan fingerprint density at radius 3 is 2.41 bits per heavy atom. The molecule has 0 heterocycles. The third-order valence-electron chi connectivity index (χ3n) is 2.29. The quantitative estimate of drug-likeness (QED) is 0.740. The molecule has 0 saturated carbocycles. The first-order valence-electron chi connectivity index (χ1n) is 5.52. The molecule has 0 spiro atoms. The molecule has 0 aliphatic carbocycles. The van der Waals surface area contributed by atoms with E-state index in [-0.39, 0.29) is 5.75 Å². The Labute approximate surface area is 98.9 Å². The number of hydrogen-bond acceptors (Lipinski definition) is 1. The molecule has 0 N–H and O–H groups in total. The average molecular weight is 244 g/mol. The standard InChI is InChI=1S/C13H15F3O/c1-3-7-10(4-2)11-8-5-6-9-12(11)17-13(14,15)16/h5-9H,3-4H2,1-2H3/b10-7+. The Balaban J connectivity index is 3.11. The molecule has 0 atom stereocenters. The molecular weight excluding hydrogens is 229 g/mol. The lowest BCUT2D eigenvalue weighted by atomic mass is 10.0. The summed E-state index contributed by atoms with van der Waals surface area (Å²) in [5, 5.41) is 0. The van der Waals surface area contributed by atoms with Gasteiger partial charge in [-0.05, 0) is 24.5 Å². The summed E-state index contributed by atoms with van der Waals surface area (Å²) in [6.45, 7) is 3.86. The van der Waals surface area contributed by atoms with E-state index in [1.807, 2.05) is 19.9 Å². The third-order valence-corrected chi connectivity index (χ3v) is 2.29. The van der Waals surface area contributed by atoms with Crippen LogP contribution in [0.1, 0.15) is 32.3 Å². The molecule has 1 aromatic carbocycles. The number of benzene rings is 1. The van der Waals surface area contributed by atoms with Crippen LogP contribution < -0.4 is 4.74 Å². The first-order chi connectivity index (χ1) is 7.98. The highest BCUT2D eigenvalue weighted by Crippen LogP contribution is 2.32. The van der Waals surface area contributed by atoms with Crippen LogP contribution in [0.3, 0.4) is 0 Å². The Morgan fingerprint density at radius 1 is 1.24 bits per heavy atom. The second-order valence-corrected chi connectivity index (χ2v) is 3.54. The summed E-state index contributed by atoms with van der Waals surface area (Å²) >= 11 is 0. The molecule has 0 aliphatic rings. The van der Waals surface area contributed by atoms with Crippen molar-refractivity contribution >= 4 is 5.57 Å². The molecule has 0 bridgehead atoms. The van der Waals surface area contributed by atoms with E-state index in [2.05, 4.69) is 4.74 Å². The SMILES string of the molecule is CC/C=C(\CC)c1ccccc1OC(F)(F)F. The van der Waals surface area contributed by atoms with Crippen LogP contribution in [0.15, 0.2) is 30.3 Å². The maximum Gasteiger partial charge on any atom is 0.573 e. The highest BCUT2D eigenvalue weighted by atomic mass is 19.4. The second kappa shape index (κ2) is 5.75. The largest absolute Gasteiger partial charge is 0.573 e. The Bertz CT molecular complexity index is 394. The van der Waals surface area contributed by atoms with Gasteiger partial charge >= 0.3 is 6.36 Å². The van der Waals surface area contributed by atoms with E-state index in [0.717, 1.165) is 12.0 Å². The number of halogens is 3. The fourth-order valence-corrected chi connectivity index (χ4v) is 1.64. The molecule has 0 radical (unpaired) electrons. The van der Waals surface area contributed by atoms with Gasteiger partial charge in [0.05, 0.1) is 0 Å². The van der Waals surface area contributed by atoms with E-state index in [9.17, 15) is 13.2 Å². The van der Waals surface area contributed by atoms with Gasteiger partial charge in [0.2, 0.25) is 0 Å². The topological polar surface area (TPSA) is 9.23 Å². The lowest BCUT2D eigenvalue weighted by Crippen LogP contribution is -2.18. The van der Waals surface area contributed by atoms with Gasteiger partial charge in [-0.25, -0.2) is 0 Å². The smallest absolute Gasteiger partial charge is 0.405 e. The van der Waals surface area contributed by atoms with Gasteiger partial charge < -0.3 is 4.74 Å². The number of hydrogen-bond donors (Lipinski definition) is 0. The van der Waals surface area contributed by atoms with Crippen LogP contribution >= 0.6 is 0 Å². The number of alkyl halides is 3. The molecule has 4 heteroatoms. The molecule has 0 fully saturated rings. The van der Waals surface area contributed by atoms with Crippen molar-refractivity contribution in [3.05, 3.63) is 35.9 Å². The van der Waals surface area contributed by atoms with Crippen molar-refractivity contribution in [2.45, 2.75) is 33.1 Å². The highest BCUT2D eigenvalue weighted by molar-refractivity contribution is 5.70. The van der Waals surface area contributed by atoms with Gasteiger partial charge in [0.1, 0.15) is 5.75 Å². The van der Waals surface area contributed by atoms with Gasteiger partial charge in [-0.3, -0.25) is 0 Å². The van der Waals surface area contributed by atoms with E-state index in [4.69, 9.17) is 0 Å².